The lowest BCUT2D eigenvalue weighted by Crippen LogP contribution is -2.62. The summed E-state index contributed by atoms with van der Waals surface area (Å²) in [6, 6.07) is 0.493. The van der Waals surface area contributed by atoms with Crippen molar-refractivity contribution in [1.82, 2.24) is 10.6 Å². The number of halogens is 7. The lowest BCUT2D eigenvalue weighted by molar-refractivity contribution is -0.159. The van der Waals surface area contributed by atoms with E-state index in [1.165, 1.54) is 5.32 Å². The van der Waals surface area contributed by atoms with Gasteiger partial charge in [-0.1, -0.05) is 0 Å². The Morgan fingerprint density at radius 2 is 1.73 bits per heavy atom. The number of alkyl halides is 6. The zero-order chi connectivity index (χ0) is 25.4. The Morgan fingerprint density at radius 1 is 1.12 bits per heavy atom. The van der Waals surface area contributed by atoms with E-state index in [0.29, 0.717) is 13.0 Å². The number of nitrogens with zero attached hydrogens (tertiary/aromatic N) is 1. The highest BCUT2D eigenvalue weighted by Crippen LogP contribution is 2.36. The number of amides is 3. The second-order valence-electron chi connectivity index (χ2n) is 7.30. The molecule has 0 unspecified atom stereocenters. The smallest absolute Gasteiger partial charge is 0.406 e. The van der Waals surface area contributed by atoms with Gasteiger partial charge in [0.05, 0.1) is 5.69 Å². The fraction of sp³-hybridized carbons (Fsp3) is 0.500. The Balaban J connectivity index is 2.33. The molecule has 0 aliphatic carbocycles. The maximum absolute atomic E-state index is 13.7. The predicted octanol–water partition coefficient (Wildman–Crippen LogP) is 1.42. The first-order chi connectivity index (χ1) is 14.9. The van der Waals surface area contributed by atoms with Crippen LogP contribution in [0.5, 0.6) is 5.75 Å². The van der Waals surface area contributed by atoms with Crippen molar-refractivity contribution in [2.45, 2.75) is 43.9 Å². The Labute approximate surface area is 181 Å². The number of fused-ring (bicyclic) bond motifs is 1. The van der Waals surface area contributed by atoms with Gasteiger partial charge in [0, 0.05) is 6.07 Å². The number of carbonyl (C=O) groups excluding carboxylic acids is 3. The molecule has 0 spiro atoms. The molecular weight excluding hydrogens is 471 g/mol. The average Bonchev–Trinajstić information content (AvgIpc) is 2.75. The zero-order valence-corrected chi connectivity index (χ0v) is 17.0. The van der Waals surface area contributed by atoms with Gasteiger partial charge in [0.2, 0.25) is 5.60 Å². The molecule has 3 N–H and O–H groups in total. The summed E-state index contributed by atoms with van der Waals surface area (Å²) in [5.41, 5.74) is -3.72. The topological polar surface area (TPSA) is 108 Å². The van der Waals surface area contributed by atoms with Gasteiger partial charge in [-0.15, -0.1) is 0 Å². The molecule has 0 bridgehead atoms. The molecule has 33 heavy (non-hydrogen) atoms. The number of carbonyl (C=O) groups is 3. The molecule has 8 nitrogen and oxygen atoms in total. The van der Waals surface area contributed by atoms with Crippen molar-refractivity contribution in [3.05, 3.63) is 24.0 Å². The minimum absolute atomic E-state index is 0.102. The minimum atomic E-state index is -4.95. The number of aliphatic hydroxyl groups is 1. The van der Waals surface area contributed by atoms with E-state index in [1.54, 1.807) is 0 Å². The van der Waals surface area contributed by atoms with Crippen LogP contribution in [0.25, 0.3) is 0 Å². The Hall–Kier alpha value is -3.10. The van der Waals surface area contributed by atoms with Crippen LogP contribution in [0.15, 0.2) is 18.2 Å². The molecule has 0 aromatic heterocycles. The molecule has 0 radical (unpaired) electrons. The molecule has 1 aliphatic heterocycles. The molecule has 1 heterocycles. The summed E-state index contributed by atoms with van der Waals surface area (Å²) in [6.07, 6.45) is -11.2. The van der Waals surface area contributed by atoms with Crippen molar-refractivity contribution in [3.63, 3.8) is 0 Å². The van der Waals surface area contributed by atoms with Gasteiger partial charge < -0.3 is 20.5 Å². The first kappa shape index (κ1) is 26.2. The fourth-order valence-electron chi connectivity index (χ4n) is 2.82. The third kappa shape index (κ3) is 6.46. The van der Waals surface area contributed by atoms with Crippen molar-refractivity contribution >= 4 is 23.4 Å². The molecule has 0 saturated heterocycles. The van der Waals surface area contributed by atoms with Crippen molar-refractivity contribution in [1.29, 1.82) is 0 Å². The largest absolute Gasteiger partial charge is 0.486 e. The normalized spacial score (nSPS) is 20.8. The van der Waals surface area contributed by atoms with E-state index >= 15 is 0 Å². The van der Waals surface area contributed by atoms with Crippen LogP contribution in [-0.4, -0.2) is 66.0 Å². The van der Waals surface area contributed by atoms with Gasteiger partial charge in [-0.3, -0.25) is 19.3 Å². The monoisotopic (exact) mass is 489 g/mol. The van der Waals surface area contributed by atoms with Crippen molar-refractivity contribution in [3.8, 4) is 5.75 Å². The molecule has 15 heteroatoms. The summed E-state index contributed by atoms with van der Waals surface area (Å²) in [4.78, 5) is 37.2. The predicted molar refractivity (Wildman–Crippen MR) is 96.5 cm³/mol. The Bertz CT molecular complexity index is 933. The maximum Gasteiger partial charge on any atom is 0.406 e. The quantitative estimate of drug-likeness (QED) is 0.429. The van der Waals surface area contributed by atoms with E-state index < -0.39 is 72.4 Å². The minimum Gasteiger partial charge on any atom is -0.486 e. The van der Waals surface area contributed by atoms with Crippen LogP contribution in [-0.2, 0) is 14.4 Å². The van der Waals surface area contributed by atoms with Crippen LogP contribution in [0.4, 0.5) is 36.4 Å². The van der Waals surface area contributed by atoms with Crippen LogP contribution < -0.4 is 20.3 Å². The SMILES string of the molecule is C[C@H]1Oc2ccc(F)cc2N(CC(F)(F)F)C(=O)[C@H]1NC(=O)[C@@](C)(O)C(=O)NCC(F)(F)F. The van der Waals surface area contributed by atoms with Gasteiger partial charge in [-0.25, -0.2) is 4.39 Å². The van der Waals surface area contributed by atoms with E-state index in [0.717, 1.165) is 19.1 Å². The van der Waals surface area contributed by atoms with Crippen LogP contribution in [0.1, 0.15) is 13.8 Å². The maximum atomic E-state index is 13.7. The van der Waals surface area contributed by atoms with E-state index in [-0.39, 0.29) is 10.6 Å². The molecule has 0 fully saturated rings. The highest BCUT2D eigenvalue weighted by molar-refractivity contribution is 6.10. The van der Waals surface area contributed by atoms with Crippen LogP contribution in [0.3, 0.4) is 0 Å². The number of ether oxygens (including phenoxy) is 1. The molecule has 3 atom stereocenters. The summed E-state index contributed by atoms with van der Waals surface area (Å²) >= 11 is 0. The van der Waals surface area contributed by atoms with Gasteiger partial charge in [0.15, 0.2) is 0 Å². The molecular formula is C18H18F7N3O5. The Kier molecular flexibility index (Phi) is 7.16. The van der Waals surface area contributed by atoms with E-state index in [4.69, 9.17) is 4.74 Å². The van der Waals surface area contributed by atoms with Crippen molar-refractivity contribution in [2.24, 2.45) is 0 Å². The van der Waals surface area contributed by atoms with Gasteiger partial charge in [0.25, 0.3) is 17.7 Å². The average molecular weight is 489 g/mol. The molecule has 1 aromatic carbocycles. The van der Waals surface area contributed by atoms with Gasteiger partial charge in [-0.2, -0.15) is 26.3 Å². The second kappa shape index (κ2) is 9.03. The second-order valence-corrected chi connectivity index (χ2v) is 7.30. The third-order valence-electron chi connectivity index (χ3n) is 4.48. The van der Waals surface area contributed by atoms with E-state index in [1.807, 2.05) is 5.32 Å². The molecule has 184 valence electrons. The number of rotatable bonds is 5. The highest BCUT2D eigenvalue weighted by atomic mass is 19.4. The van der Waals surface area contributed by atoms with Gasteiger partial charge in [0.1, 0.15) is 36.8 Å². The molecule has 1 aliphatic rings. The fourth-order valence-corrected chi connectivity index (χ4v) is 2.82. The molecule has 0 saturated carbocycles. The lowest BCUT2D eigenvalue weighted by Gasteiger charge is -2.29. The number of hydrogen-bond donors (Lipinski definition) is 3. The van der Waals surface area contributed by atoms with Crippen molar-refractivity contribution in [2.75, 3.05) is 18.0 Å². The summed E-state index contributed by atoms with van der Waals surface area (Å²) in [6.45, 7) is -2.09. The van der Waals surface area contributed by atoms with E-state index in [9.17, 15) is 50.2 Å². The third-order valence-corrected chi connectivity index (χ3v) is 4.48. The number of hydrogen-bond acceptors (Lipinski definition) is 5. The number of nitrogens with one attached hydrogen (secondary N) is 2. The van der Waals surface area contributed by atoms with Crippen molar-refractivity contribution < 1.29 is 55.0 Å². The zero-order valence-electron chi connectivity index (χ0n) is 17.0. The van der Waals surface area contributed by atoms with Gasteiger partial charge >= 0.3 is 12.4 Å². The lowest BCUT2D eigenvalue weighted by atomic mass is 10.0. The Morgan fingerprint density at radius 3 is 2.27 bits per heavy atom. The van der Waals surface area contributed by atoms with Crippen LogP contribution >= 0.6 is 0 Å². The number of benzene rings is 1. The van der Waals surface area contributed by atoms with E-state index in [2.05, 4.69) is 0 Å². The standard InChI is InChI=1S/C18H18F7N3O5/c1-8-12(27-15(31)16(2,32)14(30)26-6-17(20,21)22)13(29)28(7-18(23,24)25)10-5-9(19)3-4-11(10)33-8/h3-5,8,12,32H,6-7H2,1-2H3,(H,26,30)(H,27,31)/t8-,12+,16+/m1/s1. The number of anilines is 1. The summed E-state index contributed by atoms with van der Waals surface area (Å²) in [5.74, 6) is -6.20. The van der Waals surface area contributed by atoms with Crippen LogP contribution in [0.2, 0.25) is 0 Å². The van der Waals surface area contributed by atoms with Gasteiger partial charge in [-0.05, 0) is 26.0 Å². The molecule has 2 rings (SSSR count). The van der Waals surface area contributed by atoms with Crippen LogP contribution in [0, 0.1) is 5.82 Å². The summed E-state index contributed by atoms with van der Waals surface area (Å²) < 4.78 is 95.2. The first-order valence-corrected chi connectivity index (χ1v) is 9.15. The molecule has 1 aromatic rings. The highest BCUT2D eigenvalue weighted by Gasteiger charge is 2.46. The summed E-state index contributed by atoms with van der Waals surface area (Å²) in [7, 11) is 0. The molecule has 3 amide bonds. The first-order valence-electron chi connectivity index (χ1n) is 9.15. The summed E-state index contributed by atoms with van der Waals surface area (Å²) in [5, 5.41) is 13.2.